The van der Waals surface area contributed by atoms with E-state index in [1.165, 1.54) is 12.1 Å². The Morgan fingerprint density at radius 2 is 2.11 bits per heavy atom. The predicted octanol–water partition coefficient (Wildman–Crippen LogP) is 2.70. The first-order valence-electron chi connectivity index (χ1n) is 8.79. The molecule has 0 unspecified atom stereocenters. The molecule has 0 saturated carbocycles. The van der Waals surface area contributed by atoms with Gasteiger partial charge >= 0.3 is 12.1 Å². The Morgan fingerprint density at radius 3 is 2.81 bits per heavy atom. The maximum Gasteiger partial charge on any atom is 0.410 e. The highest BCUT2D eigenvalue weighted by molar-refractivity contribution is 7.99. The smallest absolute Gasteiger partial charge is 0.410 e. The van der Waals surface area contributed by atoms with Crippen LogP contribution in [0.5, 0.6) is 0 Å². The van der Waals surface area contributed by atoms with Gasteiger partial charge in [-0.3, -0.25) is 9.69 Å². The lowest BCUT2D eigenvalue weighted by Gasteiger charge is -2.18. The number of benzene rings is 1. The highest BCUT2D eigenvalue weighted by atomic mass is 32.2. The van der Waals surface area contributed by atoms with Gasteiger partial charge in [0.2, 0.25) is 0 Å². The summed E-state index contributed by atoms with van der Waals surface area (Å²) in [5, 5.41) is 18.7. The molecular formula is C19H24FNO5S. The molecule has 148 valence electrons. The fourth-order valence-electron chi connectivity index (χ4n) is 2.66. The van der Waals surface area contributed by atoms with E-state index in [-0.39, 0.29) is 31.0 Å². The number of aliphatic carboxylic acids is 1. The molecule has 0 spiro atoms. The SMILES string of the molecule is O=C(O)CCCSCCN1C(=O)OC[C@@H]1/C=C/[C@@H](O)Cc1ccc(F)cc1. The molecule has 1 aliphatic rings. The Hall–Kier alpha value is -2.06. The molecule has 1 saturated heterocycles. The maximum absolute atomic E-state index is 12.9. The lowest BCUT2D eigenvalue weighted by molar-refractivity contribution is -0.137. The van der Waals surface area contributed by atoms with Crippen molar-refractivity contribution in [2.45, 2.75) is 31.4 Å². The zero-order valence-corrected chi connectivity index (χ0v) is 15.7. The third-order valence-corrected chi connectivity index (χ3v) is 5.13. The minimum absolute atomic E-state index is 0.149. The number of amides is 1. The van der Waals surface area contributed by atoms with Gasteiger partial charge in [-0.25, -0.2) is 9.18 Å². The van der Waals surface area contributed by atoms with E-state index in [4.69, 9.17) is 9.84 Å². The summed E-state index contributed by atoms with van der Waals surface area (Å²) < 4.78 is 18.0. The van der Waals surface area contributed by atoms with Gasteiger partial charge in [0.25, 0.3) is 0 Å². The van der Waals surface area contributed by atoms with Crippen LogP contribution in [0.15, 0.2) is 36.4 Å². The molecule has 2 rings (SSSR count). The molecule has 1 aromatic rings. The summed E-state index contributed by atoms with van der Waals surface area (Å²) in [6.07, 6.45) is 3.37. The Balaban J connectivity index is 1.76. The maximum atomic E-state index is 12.9. The Labute approximate surface area is 162 Å². The van der Waals surface area contributed by atoms with E-state index in [0.29, 0.717) is 25.1 Å². The van der Waals surface area contributed by atoms with Crippen LogP contribution in [-0.4, -0.2) is 64.0 Å². The normalized spacial score (nSPS) is 18.1. The standard InChI is InChI=1S/C19H24FNO5S/c20-15-5-3-14(4-6-15)12-17(22)8-7-16-13-26-19(25)21(16)9-11-27-10-1-2-18(23)24/h3-8,16-17,22H,1-2,9-13H2,(H,23,24)/b8-7+/t16-,17+/m0/s1. The highest BCUT2D eigenvalue weighted by Gasteiger charge is 2.30. The number of ether oxygens (including phenoxy) is 1. The fraction of sp³-hybridized carbons (Fsp3) is 0.474. The average molecular weight is 397 g/mol. The Morgan fingerprint density at radius 1 is 1.37 bits per heavy atom. The van der Waals surface area contributed by atoms with Crippen LogP contribution < -0.4 is 0 Å². The van der Waals surface area contributed by atoms with Gasteiger partial charge in [0, 0.05) is 25.1 Å². The van der Waals surface area contributed by atoms with Crippen LogP contribution in [0.1, 0.15) is 18.4 Å². The molecule has 2 atom stereocenters. The summed E-state index contributed by atoms with van der Waals surface area (Å²) in [6, 6.07) is 5.72. The van der Waals surface area contributed by atoms with E-state index in [1.807, 2.05) is 0 Å². The second-order valence-corrected chi connectivity index (χ2v) is 7.45. The molecule has 6 nitrogen and oxygen atoms in total. The average Bonchev–Trinajstić information content (AvgIpc) is 2.98. The first-order valence-corrected chi connectivity index (χ1v) is 9.95. The van der Waals surface area contributed by atoms with Crippen molar-refractivity contribution >= 4 is 23.8 Å². The van der Waals surface area contributed by atoms with Gasteiger partial charge < -0.3 is 14.9 Å². The lowest BCUT2D eigenvalue weighted by Crippen LogP contribution is -2.34. The van der Waals surface area contributed by atoms with Crippen molar-refractivity contribution in [2.75, 3.05) is 24.7 Å². The summed E-state index contributed by atoms with van der Waals surface area (Å²) in [5.74, 6) is 0.300. The number of carbonyl (C=O) groups excluding carboxylic acids is 1. The third kappa shape index (κ3) is 7.60. The van der Waals surface area contributed by atoms with Crippen LogP contribution in [0.4, 0.5) is 9.18 Å². The summed E-state index contributed by atoms with van der Waals surface area (Å²) in [7, 11) is 0. The van der Waals surface area contributed by atoms with E-state index in [0.717, 1.165) is 11.3 Å². The van der Waals surface area contributed by atoms with E-state index in [9.17, 15) is 19.1 Å². The van der Waals surface area contributed by atoms with Gasteiger partial charge in [-0.2, -0.15) is 11.8 Å². The Kier molecular flexibility index (Phi) is 8.60. The van der Waals surface area contributed by atoms with Crippen LogP contribution >= 0.6 is 11.8 Å². The zero-order chi connectivity index (χ0) is 19.6. The number of carboxylic acids is 1. The molecule has 2 N–H and O–H groups in total. The minimum atomic E-state index is -0.803. The summed E-state index contributed by atoms with van der Waals surface area (Å²) in [4.78, 5) is 23.9. The molecule has 0 aliphatic carbocycles. The molecule has 1 aromatic carbocycles. The second kappa shape index (κ2) is 10.9. The summed E-state index contributed by atoms with van der Waals surface area (Å²) in [6.45, 7) is 0.738. The quantitative estimate of drug-likeness (QED) is 0.441. The molecule has 27 heavy (non-hydrogen) atoms. The number of hydrogen-bond donors (Lipinski definition) is 2. The van der Waals surface area contributed by atoms with Gasteiger partial charge in [0.1, 0.15) is 12.4 Å². The van der Waals surface area contributed by atoms with E-state index >= 15 is 0 Å². The van der Waals surface area contributed by atoms with Crippen molar-refractivity contribution in [3.63, 3.8) is 0 Å². The van der Waals surface area contributed by atoms with Crippen LogP contribution in [-0.2, 0) is 16.0 Å². The number of rotatable bonds is 11. The number of aliphatic hydroxyl groups is 1. The number of thioether (sulfide) groups is 1. The van der Waals surface area contributed by atoms with Crippen molar-refractivity contribution in [3.05, 3.63) is 47.8 Å². The molecular weight excluding hydrogens is 373 g/mol. The third-order valence-electron chi connectivity index (χ3n) is 4.08. The Bertz CT molecular complexity index is 652. The van der Waals surface area contributed by atoms with Gasteiger partial charge in [-0.05, 0) is 29.9 Å². The zero-order valence-electron chi connectivity index (χ0n) is 14.9. The molecule has 8 heteroatoms. The number of halogens is 1. The van der Waals surface area contributed by atoms with E-state index in [1.54, 1.807) is 40.9 Å². The largest absolute Gasteiger partial charge is 0.481 e. The topological polar surface area (TPSA) is 87.1 Å². The number of cyclic esters (lactones) is 1. The second-order valence-electron chi connectivity index (χ2n) is 6.23. The number of carboxylic acid groups (broad SMARTS) is 1. The van der Waals surface area contributed by atoms with Gasteiger partial charge in [0.15, 0.2) is 0 Å². The van der Waals surface area contributed by atoms with E-state index < -0.39 is 12.1 Å². The fourth-order valence-corrected chi connectivity index (χ4v) is 3.54. The molecule has 0 radical (unpaired) electrons. The van der Waals surface area contributed by atoms with Crippen molar-refractivity contribution < 1.29 is 28.9 Å². The molecule has 1 aliphatic heterocycles. The molecule has 1 heterocycles. The number of nitrogens with zero attached hydrogens (tertiary/aromatic N) is 1. The summed E-state index contributed by atoms with van der Waals surface area (Å²) in [5.41, 5.74) is 0.821. The van der Waals surface area contributed by atoms with Gasteiger partial charge in [0.05, 0.1) is 12.1 Å². The van der Waals surface area contributed by atoms with Crippen LogP contribution in [0, 0.1) is 5.82 Å². The predicted molar refractivity (Wildman–Crippen MR) is 101 cm³/mol. The number of hydrogen-bond acceptors (Lipinski definition) is 5. The summed E-state index contributed by atoms with van der Waals surface area (Å²) >= 11 is 1.60. The minimum Gasteiger partial charge on any atom is -0.481 e. The van der Waals surface area contributed by atoms with Crippen molar-refractivity contribution in [1.29, 1.82) is 0 Å². The van der Waals surface area contributed by atoms with Crippen molar-refractivity contribution in [2.24, 2.45) is 0 Å². The molecule has 1 amide bonds. The van der Waals surface area contributed by atoms with Crippen LogP contribution in [0.3, 0.4) is 0 Å². The number of aliphatic hydroxyl groups excluding tert-OH is 1. The van der Waals surface area contributed by atoms with Crippen molar-refractivity contribution in [1.82, 2.24) is 4.90 Å². The van der Waals surface area contributed by atoms with Crippen LogP contribution in [0.25, 0.3) is 0 Å². The lowest BCUT2D eigenvalue weighted by atomic mass is 10.1. The van der Waals surface area contributed by atoms with E-state index in [2.05, 4.69) is 0 Å². The molecule has 0 aromatic heterocycles. The number of carbonyl (C=O) groups is 2. The van der Waals surface area contributed by atoms with Crippen LogP contribution in [0.2, 0.25) is 0 Å². The highest BCUT2D eigenvalue weighted by Crippen LogP contribution is 2.16. The van der Waals surface area contributed by atoms with Gasteiger partial charge in [-0.15, -0.1) is 0 Å². The molecule has 0 bridgehead atoms. The first kappa shape index (κ1) is 21.2. The molecule has 1 fully saturated rings. The van der Waals surface area contributed by atoms with Crippen molar-refractivity contribution in [3.8, 4) is 0 Å². The monoisotopic (exact) mass is 397 g/mol. The first-order chi connectivity index (χ1) is 13.0. The van der Waals surface area contributed by atoms with Gasteiger partial charge in [-0.1, -0.05) is 24.3 Å².